The molecule has 2 aromatic rings. The third-order valence-corrected chi connectivity index (χ3v) is 7.41. The predicted octanol–water partition coefficient (Wildman–Crippen LogP) is 4.00. The Labute approximate surface area is 159 Å². The van der Waals surface area contributed by atoms with Gasteiger partial charge in [-0.25, -0.2) is 25.6 Å². The van der Waals surface area contributed by atoms with Crippen LogP contribution in [0.4, 0.5) is 8.78 Å². The molecule has 2 rings (SSSR count). The Balaban J connectivity index is 2.41. The molecule has 0 heterocycles. The maximum atomic E-state index is 14.3. The van der Waals surface area contributed by atoms with Crippen molar-refractivity contribution in [3.63, 3.8) is 0 Å². The van der Waals surface area contributed by atoms with E-state index in [4.69, 9.17) is 0 Å². The molecule has 8 heteroatoms. The normalized spacial score (nSPS) is 13.5. The second-order valence-corrected chi connectivity index (χ2v) is 11.0. The fraction of sp³-hybridized carbons (Fsp3) is 0.368. The average Bonchev–Trinajstić information content (AvgIpc) is 2.56. The van der Waals surface area contributed by atoms with Crippen molar-refractivity contribution in [2.45, 2.75) is 36.3 Å². The number of unbranched alkanes of at least 4 members (excludes halogenated alkanes) is 1. The standard InChI is InChI=1S/C19H22F2O4S2/c1-14-6-5-7-16(12-14)27(24,25)19(8-3-4-11-26(2,22)23)17-13-15(20)9-10-18(17)21/h5-7,9-10,12-13,19H,3-4,8,11H2,1-2H3. The summed E-state index contributed by atoms with van der Waals surface area (Å²) in [5.41, 5.74) is 0.488. The van der Waals surface area contributed by atoms with Gasteiger partial charge in [-0.3, -0.25) is 0 Å². The molecule has 0 fully saturated rings. The molecule has 27 heavy (non-hydrogen) atoms. The molecule has 1 unspecified atom stereocenters. The highest BCUT2D eigenvalue weighted by Gasteiger charge is 2.31. The fourth-order valence-electron chi connectivity index (χ4n) is 2.89. The van der Waals surface area contributed by atoms with E-state index >= 15 is 0 Å². The second kappa shape index (κ2) is 8.48. The first-order valence-electron chi connectivity index (χ1n) is 8.44. The molecule has 0 spiro atoms. The van der Waals surface area contributed by atoms with E-state index in [9.17, 15) is 25.6 Å². The molecule has 0 bridgehead atoms. The van der Waals surface area contributed by atoms with Crippen molar-refractivity contribution >= 4 is 19.7 Å². The Morgan fingerprint density at radius 2 is 1.67 bits per heavy atom. The van der Waals surface area contributed by atoms with Crippen LogP contribution in [0.5, 0.6) is 0 Å². The summed E-state index contributed by atoms with van der Waals surface area (Å²) in [5.74, 6) is -1.62. The van der Waals surface area contributed by atoms with Crippen LogP contribution in [0.3, 0.4) is 0 Å². The monoisotopic (exact) mass is 416 g/mol. The minimum atomic E-state index is -3.99. The summed E-state index contributed by atoms with van der Waals surface area (Å²) in [6.07, 6.45) is 1.58. The Morgan fingerprint density at radius 1 is 0.963 bits per heavy atom. The predicted molar refractivity (Wildman–Crippen MR) is 101 cm³/mol. The smallest absolute Gasteiger partial charge is 0.185 e. The molecule has 0 radical (unpaired) electrons. The third kappa shape index (κ3) is 5.84. The van der Waals surface area contributed by atoms with Crippen LogP contribution in [0.15, 0.2) is 47.4 Å². The Bertz CT molecular complexity index is 1020. The highest BCUT2D eigenvalue weighted by atomic mass is 32.2. The van der Waals surface area contributed by atoms with Gasteiger partial charge in [0.05, 0.1) is 10.1 Å². The first-order valence-corrected chi connectivity index (χ1v) is 12.0. The van der Waals surface area contributed by atoms with E-state index in [-0.39, 0.29) is 35.5 Å². The van der Waals surface area contributed by atoms with Gasteiger partial charge in [0.2, 0.25) is 0 Å². The van der Waals surface area contributed by atoms with E-state index in [0.717, 1.165) is 30.0 Å². The van der Waals surface area contributed by atoms with Crippen molar-refractivity contribution in [1.82, 2.24) is 0 Å². The fourth-order valence-corrected chi connectivity index (χ4v) is 5.56. The van der Waals surface area contributed by atoms with Crippen molar-refractivity contribution in [3.05, 3.63) is 65.2 Å². The summed E-state index contributed by atoms with van der Waals surface area (Å²) in [6, 6.07) is 8.95. The van der Waals surface area contributed by atoms with Gasteiger partial charge in [0.1, 0.15) is 21.5 Å². The van der Waals surface area contributed by atoms with Crippen molar-refractivity contribution in [1.29, 1.82) is 0 Å². The van der Waals surface area contributed by atoms with Crippen LogP contribution >= 0.6 is 0 Å². The zero-order valence-corrected chi connectivity index (χ0v) is 16.8. The van der Waals surface area contributed by atoms with Crippen molar-refractivity contribution in [2.24, 2.45) is 0 Å². The van der Waals surface area contributed by atoms with Crippen LogP contribution in [-0.2, 0) is 19.7 Å². The van der Waals surface area contributed by atoms with Crippen LogP contribution in [0.1, 0.15) is 35.6 Å². The van der Waals surface area contributed by atoms with E-state index in [1.54, 1.807) is 19.1 Å². The maximum absolute atomic E-state index is 14.3. The Kier molecular flexibility index (Phi) is 6.75. The topological polar surface area (TPSA) is 68.3 Å². The molecule has 0 aliphatic carbocycles. The summed E-state index contributed by atoms with van der Waals surface area (Å²) in [5, 5.41) is -1.30. The van der Waals surface area contributed by atoms with Gasteiger partial charge in [0.15, 0.2) is 9.84 Å². The van der Waals surface area contributed by atoms with Gasteiger partial charge in [-0.05, 0) is 55.7 Å². The largest absolute Gasteiger partial charge is 0.229 e. The molecular weight excluding hydrogens is 394 g/mol. The van der Waals surface area contributed by atoms with Gasteiger partial charge in [0, 0.05) is 17.6 Å². The molecule has 0 aromatic heterocycles. The highest BCUT2D eigenvalue weighted by Crippen LogP contribution is 2.35. The van der Waals surface area contributed by atoms with Gasteiger partial charge in [-0.15, -0.1) is 0 Å². The molecule has 0 N–H and O–H groups in total. The number of hydrogen-bond donors (Lipinski definition) is 0. The number of benzene rings is 2. The molecule has 4 nitrogen and oxygen atoms in total. The number of sulfone groups is 2. The summed E-state index contributed by atoms with van der Waals surface area (Å²) in [7, 11) is -7.17. The number of aryl methyl sites for hydroxylation is 1. The van der Waals surface area contributed by atoms with Crippen LogP contribution in [-0.4, -0.2) is 28.8 Å². The minimum Gasteiger partial charge on any atom is -0.229 e. The SMILES string of the molecule is Cc1cccc(S(=O)(=O)C(CCCCS(C)(=O)=O)c2cc(F)ccc2F)c1. The van der Waals surface area contributed by atoms with Crippen molar-refractivity contribution in [2.75, 3.05) is 12.0 Å². The molecule has 2 aromatic carbocycles. The van der Waals surface area contributed by atoms with Gasteiger partial charge in [-0.1, -0.05) is 18.6 Å². The van der Waals surface area contributed by atoms with E-state index in [2.05, 4.69) is 0 Å². The summed E-state index contributed by atoms with van der Waals surface area (Å²) in [6.45, 7) is 1.74. The lowest BCUT2D eigenvalue weighted by atomic mass is 10.1. The lowest BCUT2D eigenvalue weighted by Crippen LogP contribution is -2.16. The third-order valence-electron chi connectivity index (χ3n) is 4.23. The molecule has 0 saturated heterocycles. The lowest BCUT2D eigenvalue weighted by Gasteiger charge is -2.19. The van der Waals surface area contributed by atoms with Gasteiger partial charge in [-0.2, -0.15) is 0 Å². The van der Waals surface area contributed by atoms with E-state index in [1.807, 2.05) is 0 Å². The molecule has 0 amide bonds. The molecule has 0 saturated carbocycles. The average molecular weight is 417 g/mol. The maximum Gasteiger partial charge on any atom is 0.185 e. The van der Waals surface area contributed by atoms with Crippen LogP contribution in [0.25, 0.3) is 0 Å². The quantitative estimate of drug-likeness (QED) is 0.610. The molecule has 0 aliphatic heterocycles. The van der Waals surface area contributed by atoms with E-state index in [0.29, 0.717) is 0 Å². The zero-order chi connectivity index (χ0) is 20.2. The van der Waals surface area contributed by atoms with Crippen molar-refractivity contribution < 1.29 is 25.6 Å². The first-order chi connectivity index (χ1) is 12.5. The minimum absolute atomic E-state index is 0.00777. The van der Waals surface area contributed by atoms with Crippen molar-refractivity contribution in [3.8, 4) is 0 Å². The first kappa shape index (κ1) is 21.5. The van der Waals surface area contributed by atoms with Gasteiger partial charge in [0.25, 0.3) is 0 Å². The summed E-state index contributed by atoms with van der Waals surface area (Å²) >= 11 is 0. The summed E-state index contributed by atoms with van der Waals surface area (Å²) in [4.78, 5) is 0.0271. The summed E-state index contributed by atoms with van der Waals surface area (Å²) < 4.78 is 76.8. The Morgan fingerprint density at radius 3 is 2.30 bits per heavy atom. The molecule has 1 atom stereocenters. The van der Waals surface area contributed by atoms with Crippen LogP contribution < -0.4 is 0 Å². The zero-order valence-electron chi connectivity index (χ0n) is 15.2. The van der Waals surface area contributed by atoms with Gasteiger partial charge >= 0.3 is 0 Å². The number of rotatable bonds is 8. The molecule has 148 valence electrons. The van der Waals surface area contributed by atoms with E-state index in [1.165, 1.54) is 12.1 Å². The Hall–Kier alpha value is -1.80. The molecular formula is C19H22F2O4S2. The number of hydrogen-bond acceptors (Lipinski definition) is 4. The highest BCUT2D eigenvalue weighted by molar-refractivity contribution is 7.91. The van der Waals surface area contributed by atoms with Gasteiger partial charge < -0.3 is 0 Å². The lowest BCUT2D eigenvalue weighted by molar-refractivity contribution is 0.543. The second-order valence-electron chi connectivity index (χ2n) is 6.64. The molecule has 0 aliphatic rings. The number of halogens is 2. The van der Waals surface area contributed by atoms with Crippen LogP contribution in [0.2, 0.25) is 0 Å². The van der Waals surface area contributed by atoms with Crippen LogP contribution in [0, 0.1) is 18.6 Å². The van der Waals surface area contributed by atoms with E-state index < -0.39 is 36.6 Å².